The van der Waals surface area contributed by atoms with Crippen LogP contribution in [-0.4, -0.2) is 15.1 Å². The maximum absolute atomic E-state index is 11.1. The molecule has 0 amide bonds. The molecule has 1 unspecified atom stereocenters. The molecule has 0 aliphatic carbocycles. The molecule has 1 N–H and O–H groups in total. The fraction of sp³-hybridized carbons (Fsp3) is 0.130. The highest BCUT2D eigenvalue weighted by Crippen LogP contribution is 2.40. The highest BCUT2D eigenvalue weighted by Gasteiger charge is 2.23. The topological polar surface area (TPSA) is 46.0 Å². The second-order valence-electron chi connectivity index (χ2n) is 7.02. The van der Waals surface area contributed by atoms with Crippen molar-refractivity contribution in [1.82, 2.24) is 9.97 Å². The minimum absolute atomic E-state index is 0.107. The van der Waals surface area contributed by atoms with Crippen LogP contribution in [0.5, 0.6) is 5.75 Å². The van der Waals surface area contributed by atoms with E-state index in [2.05, 4.69) is 9.97 Å². The van der Waals surface area contributed by atoms with Crippen LogP contribution < -0.4 is 0 Å². The normalized spacial score (nSPS) is 12.3. The van der Waals surface area contributed by atoms with Gasteiger partial charge in [-0.2, -0.15) is 0 Å². The molecule has 152 valence electrons. The average Bonchev–Trinajstić information content (AvgIpc) is 2.70. The molecule has 0 fully saturated rings. The third-order valence-electron chi connectivity index (χ3n) is 5.02. The molecule has 0 bridgehead atoms. The predicted octanol–water partition coefficient (Wildman–Crippen LogP) is 7.63. The smallest absolute Gasteiger partial charge is 0.145 e. The standard InChI is InChI=1S/C23H16Cl4N2O/c1-12-19(26)11-20(27)21(29-12)10-18(14-7-15(24)9-16(25)8-14)17-5-4-13-3-2-6-28-22(13)23(17)30/h2-9,11,18,30H,10H2,1H3. The number of hydrogen-bond donors (Lipinski definition) is 1. The maximum Gasteiger partial charge on any atom is 0.145 e. The van der Waals surface area contributed by atoms with Crippen molar-refractivity contribution in [1.29, 1.82) is 0 Å². The molecule has 4 aromatic rings. The lowest BCUT2D eigenvalue weighted by Gasteiger charge is -2.21. The second-order valence-corrected chi connectivity index (χ2v) is 8.71. The Bertz CT molecular complexity index is 1240. The van der Waals surface area contributed by atoms with Crippen LogP contribution in [0, 0.1) is 6.92 Å². The number of phenols is 1. The Balaban J connectivity index is 1.90. The molecule has 0 radical (unpaired) electrons. The third kappa shape index (κ3) is 4.21. The van der Waals surface area contributed by atoms with Crippen molar-refractivity contribution in [3.05, 3.63) is 97.3 Å². The summed E-state index contributed by atoms with van der Waals surface area (Å²) in [5.41, 5.74) is 3.40. The summed E-state index contributed by atoms with van der Waals surface area (Å²) in [6.07, 6.45) is 2.07. The van der Waals surface area contributed by atoms with Crippen LogP contribution in [-0.2, 0) is 6.42 Å². The summed E-state index contributed by atoms with van der Waals surface area (Å²) in [5.74, 6) is -0.200. The first-order chi connectivity index (χ1) is 14.3. The zero-order valence-electron chi connectivity index (χ0n) is 15.8. The van der Waals surface area contributed by atoms with Gasteiger partial charge in [0.2, 0.25) is 0 Å². The van der Waals surface area contributed by atoms with Crippen LogP contribution in [0.1, 0.15) is 28.4 Å². The summed E-state index contributed by atoms with van der Waals surface area (Å²) in [4.78, 5) is 8.91. The fourth-order valence-corrected chi connectivity index (χ4v) is 4.53. The van der Waals surface area contributed by atoms with E-state index >= 15 is 0 Å². The largest absolute Gasteiger partial charge is 0.505 e. The zero-order chi connectivity index (χ0) is 21.4. The molecule has 2 aromatic heterocycles. The summed E-state index contributed by atoms with van der Waals surface area (Å²) in [6, 6.07) is 14.6. The first-order valence-electron chi connectivity index (χ1n) is 9.17. The Morgan fingerprint density at radius 2 is 1.67 bits per heavy atom. The zero-order valence-corrected chi connectivity index (χ0v) is 18.9. The molecule has 2 heterocycles. The number of halogens is 4. The van der Waals surface area contributed by atoms with Crippen molar-refractivity contribution in [3.8, 4) is 5.75 Å². The Hall–Kier alpha value is -2.04. The highest BCUT2D eigenvalue weighted by atomic mass is 35.5. The van der Waals surface area contributed by atoms with Crippen LogP contribution in [0.15, 0.2) is 54.7 Å². The van der Waals surface area contributed by atoms with Gasteiger partial charge in [0.15, 0.2) is 0 Å². The molecule has 1 atom stereocenters. The van der Waals surface area contributed by atoms with Crippen molar-refractivity contribution in [2.24, 2.45) is 0 Å². The minimum atomic E-state index is -0.307. The summed E-state index contributed by atoms with van der Waals surface area (Å²) >= 11 is 25.2. The Kier molecular flexibility index (Phi) is 6.08. The lowest BCUT2D eigenvalue weighted by molar-refractivity contribution is 0.469. The van der Waals surface area contributed by atoms with Crippen LogP contribution in [0.25, 0.3) is 10.9 Å². The van der Waals surface area contributed by atoms with E-state index in [4.69, 9.17) is 46.4 Å². The van der Waals surface area contributed by atoms with Gasteiger partial charge in [-0.25, -0.2) is 0 Å². The lowest BCUT2D eigenvalue weighted by atomic mass is 9.86. The van der Waals surface area contributed by atoms with Crippen molar-refractivity contribution in [2.75, 3.05) is 0 Å². The van der Waals surface area contributed by atoms with E-state index in [0.29, 0.717) is 49.0 Å². The number of rotatable bonds is 4. The number of aromatic hydroxyl groups is 1. The van der Waals surface area contributed by atoms with Crippen LogP contribution in [0.2, 0.25) is 20.1 Å². The first-order valence-corrected chi connectivity index (χ1v) is 10.7. The van der Waals surface area contributed by atoms with Crippen molar-refractivity contribution in [2.45, 2.75) is 19.3 Å². The number of hydrogen-bond acceptors (Lipinski definition) is 3. The van der Waals surface area contributed by atoms with Gasteiger partial charge in [-0.3, -0.25) is 9.97 Å². The molecular weight excluding hydrogens is 462 g/mol. The predicted molar refractivity (Wildman–Crippen MR) is 124 cm³/mol. The highest BCUT2D eigenvalue weighted by molar-refractivity contribution is 6.35. The summed E-state index contributed by atoms with van der Waals surface area (Å²) in [6.45, 7) is 1.82. The van der Waals surface area contributed by atoms with Crippen LogP contribution >= 0.6 is 46.4 Å². The molecule has 7 heteroatoms. The SMILES string of the molecule is Cc1nc(CC(c2cc(Cl)cc(Cl)c2)c2ccc3cccnc3c2O)c(Cl)cc1Cl. The Morgan fingerprint density at radius 3 is 2.40 bits per heavy atom. The van der Waals surface area contributed by atoms with Gasteiger partial charge in [0, 0.05) is 39.5 Å². The van der Waals surface area contributed by atoms with Gasteiger partial charge in [-0.15, -0.1) is 0 Å². The number of fused-ring (bicyclic) bond motifs is 1. The molecule has 3 nitrogen and oxygen atoms in total. The van der Waals surface area contributed by atoms with Crippen molar-refractivity contribution >= 4 is 57.3 Å². The summed E-state index contributed by atoms with van der Waals surface area (Å²) in [5, 5.41) is 13.9. The number of phenolic OH excluding ortho intramolecular Hbond substituents is 1. The maximum atomic E-state index is 11.1. The summed E-state index contributed by atoms with van der Waals surface area (Å²) < 4.78 is 0. The molecule has 2 aromatic carbocycles. The van der Waals surface area contributed by atoms with E-state index in [1.54, 1.807) is 18.3 Å². The van der Waals surface area contributed by atoms with E-state index in [1.807, 2.05) is 43.3 Å². The molecule has 0 saturated carbocycles. The van der Waals surface area contributed by atoms with E-state index in [-0.39, 0.29) is 11.7 Å². The van der Waals surface area contributed by atoms with Gasteiger partial charge in [-0.1, -0.05) is 64.6 Å². The Morgan fingerprint density at radius 1 is 0.933 bits per heavy atom. The number of benzene rings is 2. The van der Waals surface area contributed by atoms with Crippen LogP contribution in [0.4, 0.5) is 0 Å². The molecule has 30 heavy (non-hydrogen) atoms. The van der Waals surface area contributed by atoms with Gasteiger partial charge >= 0.3 is 0 Å². The van der Waals surface area contributed by atoms with Gasteiger partial charge in [0.25, 0.3) is 0 Å². The fourth-order valence-electron chi connectivity index (χ4n) is 3.55. The van der Waals surface area contributed by atoms with Crippen molar-refractivity contribution < 1.29 is 5.11 Å². The third-order valence-corrected chi connectivity index (χ3v) is 6.16. The van der Waals surface area contributed by atoms with E-state index in [1.165, 1.54) is 0 Å². The number of aryl methyl sites for hydroxylation is 1. The van der Waals surface area contributed by atoms with Gasteiger partial charge in [-0.05, 0) is 42.8 Å². The summed E-state index contributed by atoms with van der Waals surface area (Å²) in [7, 11) is 0. The number of pyridine rings is 2. The Labute approximate surface area is 194 Å². The molecule has 0 aliphatic heterocycles. The quantitative estimate of drug-likeness (QED) is 0.328. The number of aromatic nitrogens is 2. The van der Waals surface area contributed by atoms with Gasteiger partial charge in [0.1, 0.15) is 11.3 Å². The number of nitrogens with zero attached hydrogens (tertiary/aromatic N) is 2. The molecular formula is C23H16Cl4N2O. The van der Waals surface area contributed by atoms with E-state index < -0.39 is 0 Å². The van der Waals surface area contributed by atoms with Crippen LogP contribution in [0.3, 0.4) is 0 Å². The first kappa shape index (κ1) is 21.2. The second kappa shape index (κ2) is 8.60. The minimum Gasteiger partial charge on any atom is -0.505 e. The molecule has 0 spiro atoms. The van der Waals surface area contributed by atoms with Gasteiger partial charge in [0.05, 0.1) is 21.4 Å². The van der Waals surface area contributed by atoms with Crippen molar-refractivity contribution in [3.63, 3.8) is 0 Å². The molecule has 0 aliphatic rings. The van der Waals surface area contributed by atoms with E-state index in [0.717, 1.165) is 10.9 Å². The van der Waals surface area contributed by atoms with Gasteiger partial charge < -0.3 is 5.11 Å². The average molecular weight is 478 g/mol. The van der Waals surface area contributed by atoms with E-state index in [9.17, 15) is 5.11 Å². The monoisotopic (exact) mass is 476 g/mol. The molecule has 0 saturated heterocycles. The lowest BCUT2D eigenvalue weighted by Crippen LogP contribution is -2.09. The molecule has 4 rings (SSSR count).